The molecule has 3 rings (SSSR count). The maximum absolute atomic E-state index is 12.9. The van der Waals surface area contributed by atoms with Crippen molar-refractivity contribution in [2.75, 3.05) is 13.2 Å². The monoisotopic (exact) mass is 401 g/mol. The van der Waals surface area contributed by atoms with E-state index in [0.29, 0.717) is 29.4 Å². The SMILES string of the molecule is CC1(c2cccc(C(N)=O)c2)NC(=O)N(CCCOc2ccc(Cl)cc2)C1=O. The molecule has 0 aromatic heterocycles. The molecule has 4 amide bonds. The minimum Gasteiger partial charge on any atom is -0.494 e. The van der Waals surface area contributed by atoms with Crippen molar-refractivity contribution in [3.63, 3.8) is 0 Å². The first-order chi connectivity index (χ1) is 13.3. The van der Waals surface area contributed by atoms with Crippen LogP contribution in [0.5, 0.6) is 5.75 Å². The Balaban J connectivity index is 1.63. The summed E-state index contributed by atoms with van der Waals surface area (Å²) >= 11 is 5.83. The summed E-state index contributed by atoms with van der Waals surface area (Å²) in [6.45, 7) is 2.16. The van der Waals surface area contributed by atoms with E-state index in [-0.39, 0.29) is 18.0 Å². The van der Waals surface area contributed by atoms with Crippen molar-refractivity contribution in [2.45, 2.75) is 18.9 Å². The molecule has 146 valence electrons. The average molecular weight is 402 g/mol. The molecule has 1 aliphatic heterocycles. The molecule has 0 aliphatic carbocycles. The van der Waals surface area contributed by atoms with E-state index in [4.69, 9.17) is 22.1 Å². The van der Waals surface area contributed by atoms with Gasteiger partial charge >= 0.3 is 6.03 Å². The van der Waals surface area contributed by atoms with Gasteiger partial charge in [-0.3, -0.25) is 14.5 Å². The van der Waals surface area contributed by atoms with E-state index in [1.54, 1.807) is 49.4 Å². The molecule has 0 saturated carbocycles. The second-order valence-corrected chi connectivity index (χ2v) is 7.05. The molecule has 1 unspecified atom stereocenters. The Hall–Kier alpha value is -3.06. The third-order valence-electron chi connectivity index (χ3n) is 4.61. The fourth-order valence-electron chi connectivity index (χ4n) is 3.02. The van der Waals surface area contributed by atoms with Crippen LogP contribution in [-0.4, -0.2) is 35.9 Å². The third-order valence-corrected chi connectivity index (χ3v) is 4.86. The summed E-state index contributed by atoms with van der Waals surface area (Å²) in [4.78, 5) is 37.8. The number of carbonyl (C=O) groups is 3. The van der Waals surface area contributed by atoms with Crippen LogP contribution in [0.25, 0.3) is 0 Å². The summed E-state index contributed by atoms with van der Waals surface area (Å²) in [5, 5.41) is 3.32. The zero-order valence-electron chi connectivity index (χ0n) is 15.3. The molecule has 7 nitrogen and oxygen atoms in total. The number of nitrogens with zero attached hydrogens (tertiary/aromatic N) is 1. The normalized spacial score (nSPS) is 18.9. The number of nitrogens with one attached hydrogen (secondary N) is 1. The van der Waals surface area contributed by atoms with Crippen LogP contribution in [0.4, 0.5) is 4.79 Å². The van der Waals surface area contributed by atoms with Crippen molar-refractivity contribution >= 4 is 29.4 Å². The van der Waals surface area contributed by atoms with Gasteiger partial charge in [0.25, 0.3) is 5.91 Å². The Morgan fingerprint density at radius 2 is 1.93 bits per heavy atom. The van der Waals surface area contributed by atoms with Gasteiger partial charge < -0.3 is 15.8 Å². The minimum absolute atomic E-state index is 0.212. The number of ether oxygens (including phenoxy) is 1. The molecule has 0 radical (unpaired) electrons. The fraction of sp³-hybridized carbons (Fsp3) is 0.250. The number of benzene rings is 2. The van der Waals surface area contributed by atoms with Gasteiger partial charge in [0.2, 0.25) is 5.91 Å². The molecule has 2 aromatic rings. The number of nitrogens with two attached hydrogens (primary N) is 1. The van der Waals surface area contributed by atoms with Gasteiger partial charge in [-0.05, 0) is 55.3 Å². The van der Waals surface area contributed by atoms with Gasteiger partial charge in [0.15, 0.2) is 0 Å². The lowest BCUT2D eigenvalue weighted by molar-refractivity contribution is -0.131. The van der Waals surface area contributed by atoms with Gasteiger partial charge in [-0.2, -0.15) is 0 Å². The van der Waals surface area contributed by atoms with Crippen molar-refractivity contribution in [2.24, 2.45) is 5.73 Å². The van der Waals surface area contributed by atoms with Crippen LogP contribution in [0.2, 0.25) is 5.02 Å². The fourth-order valence-corrected chi connectivity index (χ4v) is 3.15. The van der Waals surface area contributed by atoms with Crippen molar-refractivity contribution in [3.8, 4) is 5.75 Å². The summed E-state index contributed by atoms with van der Waals surface area (Å²) in [6, 6.07) is 12.8. The van der Waals surface area contributed by atoms with Gasteiger partial charge in [-0.25, -0.2) is 4.79 Å². The molecule has 1 aliphatic rings. The summed E-state index contributed by atoms with van der Waals surface area (Å²) in [6.07, 6.45) is 0.471. The quantitative estimate of drug-likeness (QED) is 0.550. The molecule has 1 fully saturated rings. The minimum atomic E-state index is -1.25. The molecule has 1 saturated heterocycles. The van der Waals surface area contributed by atoms with E-state index in [2.05, 4.69) is 5.32 Å². The number of halogens is 1. The highest BCUT2D eigenvalue weighted by Gasteiger charge is 2.48. The summed E-state index contributed by atoms with van der Waals surface area (Å²) in [7, 11) is 0. The van der Waals surface area contributed by atoms with Crippen LogP contribution in [-0.2, 0) is 10.3 Å². The van der Waals surface area contributed by atoms with E-state index in [0.717, 1.165) is 4.90 Å². The van der Waals surface area contributed by atoms with E-state index in [1.165, 1.54) is 6.07 Å². The number of hydrogen-bond acceptors (Lipinski definition) is 4. The zero-order valence-corrected chi connectivity index (χ0v) is 16.0. The average Bonchev–Trinajstić information content (AvgIpc) is 2.90. The third kappa shape index (κ3) is 3.94. The molecule has 3 N–H and O–H groups in total. The molecule has 2 aromatic carbocycles. The molecule has 1 atom stereocenters. The second kappa shape index (κ2) is 7.90. The van der Waals surface area contributed by atoms with Gasteiger partial charge in [-0.1, -0.05) is 23.7 Å². The van der Waals surface area contributed by atoms with Gasteiger partial charge in [0.05, 0.1) is 6.61 Å². The van der Waals surface area contributed by atoms with Crippen LogP contribution in [0.15, 0.2) is 48.5 Å². The number of hydrogen-bond donors (Lipinski definition) is 2. The highest BCUT2D eigenvalue weighted by atomic mass is 35.5. The van der Waals surface area contributed by atoms with Crippen molar-refractivity contribution in [1.29, 1.82) is 0 Å². The van der Waals surface area contributed by atoms with E-state index in [1.807, 2.05) is 0 Å². The summed E-state index contributed by atoms with van der Waals surface area (Å²) < 4.78 is 5.59. The number of carbonyl (C=O) groups excluding carboxylic acids is 3. The van der Waals surface area contributed by atoms with E-state index in [9.17, 15) is 14.4 Å². The van der Waals surface area contributed by atoms with Crippen LogP contribution < -0.4 is 15.8 Å². The standard InChI is InChI=1S/C20H20ClN3O4/c1-20(14-5-2-4-13(12-14)17(22)25)18(26)24(19(27)23-20)10-3-11-28-16-8-6-15(21)7-9-16/h2,4-9,12H,3,10-11H2,1H3,(H2,22,25)(H,23,27). The van der Waals surface area contributed by atoms with E-state index < -0.39 is 17.5 Å². The Labute approximate surface area is 167 Å². The lowest BCUT2D eigenvalue weighted by atomic mass is 9.90. The molecular formula is C20H20ClN3O4. The maximum atomic E-state index is 12.9. The predicted octanol–water partition coefficient (Wildman–Crippen LogP) is 2.68. The lowest BCUT2D eigenvalue weighted by Crippen LogP contribution is -2.41. The number of primary amides is 1. The number of imide groups is 1. The maximum Gasteiger partial charge on any atom is 0.325 e. The van der Waals surface area contributed by atoms with Crippen molar-refractivity contribution < 1.29 is 19.1 Å². The molecule has 28 heavy (non-hydrogen) atoms. The molecule has 1 heterocycles. The summed E-state index contributed by atoms with van der Waals surface area (Å²) in [5.74, 6) is -0.321. The van der Waals surface area contributed by atoms with Crippen molar-refractivity contribution in [3.05, 3.63) is 64.7 Å². The molecule has 0 spiro atoms. The number of rotatable bonds is 7. The highest BCUT2D eigenvalue weighted by Crippen LogP contribution is 2.29. The van der Waals surface area contributed by atoms with Gasteiger partial charge in [0.1, 0.15) is 11.3 Å². The lowest BCUT2D eigenvalue weighted by Gasteiger charge is -2.22. The second-order valence-electron chi connectivity index (χ2n) is 6.61. The largest absolute Gasteiger partial charge is 0.494 e. The van der Waals surface area contributed by atoms with E-state index >= 15 is 0 Å². The Kier molecular flexibility index (Phi) is 5.56. The Morgan fingerprint density at radius 3 is 2.61 bits per heavy atom. The molecular weight excluding hydrogens is 382 g/mol. The molecule has 0 bridgehead atoms. The Bertz CT molecular complexity index is 916. The smallest absolute Gasteiger partial charge is 0.325 e. The zero-order chi connectivity index (χ0) is 20.3. The van der Waals surface area contributed by atoms with Crippen LogP contribution in [0.1, 0.15) is 29.3 Å². The predicted molar refractivity (Wildman–Crippen MR) is 104 cm³/mol. The molecule has 8 heteroatoms. The first-order valence-electron chi connectivity index (χ1n) is 8.74. The van der Waals surface area contributed by atoms with Gasteiger partial charge in [-0.15, -0.1) is 0 Å². The topological polar surface area (TPSA) is 102 Å². The number of amides is 4. The van der Waals surface area contributed by atoms with Crippen LogP contribution in [0.3, 0.4) is 0 Å². The number of urea groups is 1. The Morgan fingerprint density at radius 1 is 1.21 bits per heavy atom. The van der Waals surface area contributed by atoms with Crippen molar-refractivity contribution in [1.82, 2.24) is 10.2 Å². The highest BCUT2D eigenvalue weighted by molar-refractivity contribution is 6.30. The van der Waals surface area contributed by atoms with Crippen LogP contribution in [0, 0.1) is 0 Å². The van der Waals surface area contributed by atoms with Crippen LogP contribution >= 0.6 is 11.6 Å². The summed E-state index contributed by atoms with van der Waals surface area (Å²) in [5.41, 5.74) is 4.83. The first kappa shape index (κ1) is 19.7. The van der Waals surface area contributed by atoms with Gasteiger partial charge in [0, 0.05) is 17.1 Å². The first-order valence-corrected chi connectivity index (χ1v) is 9.12.